The van der Waals surface area contributed by atoms with E-state index in [1.54, 1.807) is 0 Å². The Morgan fingerprint density at radius 3 is 2.62 bits per heavy atom. The van der Waals surface area contributed by atoms with Crippen molar-refractivity contribution in [2.45, 2.75) is 51.0 Å². The first-order valence-corrected chi connectivity index (χ1v) is 8.37. The fraction of sp³-hybridized carbons (Fsp3) is 0.938. The summed E-state index contributed by atoms with van der Waals surface area (Å²) in [5.41, 5.74) is -0.754. The van der Waals surface area contributed by atoms with Crippen molar-refractivity contribution in [2.75, 3.05) is 39.4 Å². The van der Waals surface area contributed by atoms with Crippen molar-refractivity contribution in [2.24, 2.45) is 5.92 Å². The van der Waals surface area contributed by atoms with Crippen LogP contribution in [-0.4, -0.2) is 60.9 Å². The van der Waals surface area contributed by atoms with Crippen LogP contribution in [0.4, 0.5) is 0 Å². The average Bonchev–Trinajstić information content (AvgIpc) is 2.46. The standard InChI is InChI=1S/C16H30N2O3/c1-14(13-18-7-9-21-10-8-18)12-17-15(19)11-16(20)5-3-2-4-6-16/h14,20H,2-13H2,1H3,(H,17,19). The largest absolute Gasteiger partial charge is 0.389 e. The maximum atomic E-state index is 12.0. The maximum Gasteiger partial charge on any atom is 0.222 e. The molecule has 1 saturated carbocycles. The molecule has 122 valence electrons. The van der Waals surface area contributed by atoms with Gasteiger partial charge in [-0.1, -0.05) is 26.2 Å². The van der Waals surface area contributed by atoms with Crippen molar-refractivity contribution >= 4 is 5.91 Å². The van der Waals surface area contributed by atoms with Crippen LogP contribution in [-0.2, 0) is 9.53 Å². The maximum absolute atomic E-state index is 12.0. The van der Waals surface area contributed by atoms with Crippen LogP contribution >= 0.6 is 0 Å². The van der Waals surface area contributed by atoms with Gasteiger partial charge in [0.25, 0.3) is 0 Å². The Labute approximate surface area is 128 Å². The highest BCUT2D eigenvalue weighted by Crippen LogP contribution is 2.30. The third kappa shape index (κ3) is 5.93. The Morgan fingerprint density at radius 1 is 1.29 bits per heavy atom. The average molecular weight is 298 g/mol. The van der Waals surface area contributed by atoms with E-state index >= 15 is 0 Å². The van der Waals surface area contributed by atoms with Gasteiger partial charge in [-0.15, -0.1) is 0 Å². The van der Waals surface area contributed by atoms with E-state index in [0.29, 0.717) is 12.5 Å². The molecule has 5 nitrogen and oxygen atoms in total. The molecule has 1 saturated heterocycles. The van der Waals surface area contributed by atoms with Gasteiger partial charge < -0.3 is 15.2 Å². The van der Waals surface area contributed by atoms with Crippen LogP contribution in [0.3, 0.4) is 0 Å². The van der Waals surface area contributed by atoms with E-state index < -0.39 is 5.60 Å². The van der Waals surface area contributed by atoms with Crippen molar-refractivity contribution in [3.8, 4) is 0 Å². The number of amides is 1. The van der Waals surface area contributed by atoms with E-state index in [1.807, 2.05) is 0 Å². The molecule has 5 heteroatoms. The van der Waals surface area contributed by atoms with E-state index in [1.165, 1.54) is 6.42 Å². The van der Waals surface area contributed by atoms with E-state index in [4.69, 9.17) is 4.74 Å². The predicted octanol–water partition coefficient (Wildman–Crippen LogP) is 1.16. The number of nitrogens with zero attached hydrogens (tertiary/aromatic N) is 1. The highest BCUT2D eigenvalue weighted by molar-refractivity contribution is 5.77. The molecule has 0 spiro atoms. The summed E-state index contributed by atoms with van der Waals surface area (Å²) in [5, 5.41) is 13.4. The zero-order valence-electron chi connectivity index (χ0n) is 13.3. The number of carbonyl (C=O) groups excluding carboxylic acids is 1. The number of morpholine rings is 1. The number of aliphatic hydroxyl groups is 1. The lowest BCUT2D eigenvalue weighted by Crippen LogP contribution is -2.43. The number of nitrogens with one attached hydrogen (secondary N) is 1. The van der Waals surface area contributed by atoms with Gasteiger partial charge in [-0.2, -0.15) is 0 Å². The summed E-state index contributed by atoms with van der Waals surface area (Å²) in [5.74, 6) is 0.418. The molecule has 2 aliphatic rings. The number of ether oxygens (including phenoxy) is 1. The molecule has 1 atom stereocenters. The minimum atomic E-state index is -0.754. The minimum Gasteiger partial charge on any atom is -0.389 e. The van der Waals surface area contributed by atoms with Gasteiger partial charge in [-0.05, 0) is 18.8 Å². The van der Waals surface area contributed by atoms with Crippen molar-refractivity contribution < 1.29 is 14.6 Å². The molecule has 0 aromatic heterocycles. The second-order valence-corrected chi connectivity index (χ2v) is 6.78. The van der Waals surface area contributed by atoms with Crippen LogP contribution in [0.2, 0.25) is 0 Å². The molecule has 0 aromatic rings. The Kier molecular flexibility index (Phi) is 6.45. The first kappa shape index (κ1) is 16.7. The van der Waals surface area contributed by atoms with Crippen LogP contribution in [0.25, 0.3) is 0 Å². The lowest BCUT2D eigenvalue weighted by molar-refractivity contribution is -0.127. The SMILES string of the molecule is CC(CNC(=O)CC1(O)CCCCC1)CN1CCOCC1. The normalized spacial score (nSPS) is 24.5. The van der Waals surface area contributed by atoms with Crippen molar-refractivity contribution in [1.29, 1.82) is 0 Å². The molecule has 1 aliphatic heterocycles. The van der Waals surface area contributed by atoms with Crippen LogP contribution < -0.4 is 5.32 Å². The van der Waals surface area contributed by atoms with E-state index in [0.717, 1.165) is 58.5 Å². The summed E-state index contributed by atoms with van der Waals surface area (Å²) < 4.78 is 5.34. The highest BCUT2D eigenvalue weighted by Gasteiger charge is 2.31. The Balaban J connectivity index is 1.63. The summed E-state index contributed by atoms with van der Waals surface area (Å²) >= 11 is 0. The molecule has 1 amide bonds. The third-order valence-corrected chi connectivity index (χ3v) is 4.60. The topological polar surface area (TPSA) is 61.8 Å². The summed E-state index contributed by atoms with van der Waals surface area (Å²) in [4.78, 5) is 14.4. The van der Waals surface area contributed by atoms with E-state index in [-0.39, 0.29) is 12.3 Å². The minimum absolute atomic E-state index is 0.00627. The van der Waals surface area contributed by atoms with Crippen LogP contribution in [0, 0.1) is 5.92 Å². The van der Waals surface area contributed by atoms with Gasteiger partial charge in [0.05, 0.1) is 25.2 Å². The zero-order valence-corrected chi connectivity index (χ0v) is 13.3. The molecule has 0 radical (unpaired) electrons. The Bertz CT molecular complexity index is 323. The van der Waals surface area contributed by atoms with Gasteiger partial charge in [0.15, 0.2) is 0 Å². The summed E-state index contributed by atoms with van der Waals surface area (Å²) in [7, 11) is 0. The van der Waals surface area contributed by atoms with Gasteiger partial charge in [-0.25, -0.2) is 0 Å². The van der Waals surface area contributed by atoms with Crippen LogP contribution in [0.5, 0.6) is 0 Å². The van der Waals surface area contributed by atoms with Crippen LogP contribution in [0.15, 0.2) is 0 Å². The van der Waals surface area contributed by atoms with Crippen molar-refractivity contribution in [3.63, 3.8) is 0 Å². The van der Waals surface area contributed by atoms with Crippen molar-refractivity contribution in [3.05, 3.63) is 0 Å². The van der Waals surface area contributed by atoms with Crippen LogP contribution in [0.1, 0.15) is 45.4 Å². The van der Waals surface area contributed by atoms with Crippen molar-refractivity contribution in [1.82, 2.24) is 10.2 Å². The van der Waals surface area contributed by atoms with Gasteiger partial charge in [0.1, 0.15) is 0 Å². The summed E-state index contributed by atoms with van der Waals surface area (Å²) in [6.07, 6.45) is 5.06. The smallest absolute Gasteiger partial charge is 0.222 e. The molecule has 1 unspecified atom stereocenters. The molecule has 1 heterocycles. The lowest BCUT2D eigenvalue weighted by atomic mass is 9.82. The lowest BCUT2D eigenvalue weighted by Gasteiger charge is -2.32. The second kappa shape index (κ2) is 8.11. The molecule has 2 fully saturated rings. The van der Waals surface area contributed by atoms with Gasteiger partial charge >= 0.3 is 0 Å². The zero-order chi connectivity index (χ0) is 15.1. The molecule has 0 bridgehead atoms. The number of hydrogen-bond acceptors (Lipinski definition) is 4. The fourth-order valence-corrected chi connectivity index (χ4v) is 3.33. The number of rotatable bonds is 6. The Morgan fingerprint density at radius 2 is 1.95 bits per heavy atom. The Hall–Kier alpha value is -0.650. The molecule has 0 aromatic carbocycles. The van der Waals surface area contributed by atoms with E-state index in [2.05, 4.69) is 17.1 Å². The highest BCUT2D eigenvalue weighted by atomic mass is 16.5. The molecule has 2 N–H and O–H groups in total. The number of hydrogen-bond donors (Lipinski definition) is 2. The predicted molar refractivity (Wildman–Crippen MR) is 82.1 cm³/mol. The molecular weight excluding hydrogens is 268 g/mol. The third-order valence-electron chi connectivity index (χ3n) is 4.60. The van der Waals surface area contributed by atoms with Gasteiger partial charge in [0.2, 0.25) is 5.91 Å². The first-order chi connectivity index (χ1) is 10.1. The number of carbonyl (C=O) groups is 1. The molecule has 1 aliphatic carbocycles. The fourth-order valence-electron chi connectivity index (χ4n) is 3.33. The first-order valence-electron chi connectivity index (χ1n) is 8.37. The summed E-state index contributed by atoms with van der Waals surface area (Å²) in [6, 6.07) is 0. The van der Waals surface area contributed by atoms with E-state index in [9.17, 15) is 9.90 Å². The summed E-state index contributed by atoms with van der Waals surface area (Å²) in [6.45, 7) is 7.43. The molecular formula is C16H30N2O3. The molecule has 21 heavy (non-hydrogen) atoms. The monoisotopic (exact) mass is 298 g/mol. The molecule has 2 rings (SSSR count). The van der Waals surface area contributed by atoms with Gasteiger partial charge in [0, 0.05) is 26.2 Å². The van der Waals surface area contributed by atoms with Gasteiger partial charge in [-0.3, -0.25) is 9.69 Å². The quantitative estimate of drug-likeness (QED) is 0.772. The second-order valence-electron chi connectivity index (χ2n) is 6.78.